The summed E-state index contributed by atoms with van der Waals surface area (Å²) in [7, 11) is 0. The number of hydrogen-bond acceptors (Lipinski definition) is 1. The van der Waals surface area contributed by atoms with Crippen LogP contribution in [0, 0.1) is 5.82 Å². The number of aliphatic hydroxyl groups excluding tert-OH is 1. The van der Waals surface area contributed by atoms with Crippen molar-refractivity contribution in [3.8, 4) is 0 Å². The number of hydrogen-bond donors (Lipinski definition) is 1. The van der Waals surface area contributed by atoms with Gasteiger partial charge >= 0.3 is 0 Å². The van der Waals surface area contributed by atoms with Gasteiger partial charge in [-0.2, -0.15) is 0 Å². The van der Waals surface area contributed by atoms with Crippen LogP contribution in [-0.2, 0) is 11.8 Å². The van der Waals surface area contributed by atoms with Crippen molar-refractivity contribution in [2.24, 2.45) is 0 Å². The summed E-state index contributed by atoms with van der Waals surface area (Å²) in [5, 5.41) is 10.9. The lowest BCUT2D eigenvalue weighted by Crippen LogP contribution is -2.17. The Hall–Kier alpha value is -1.38. The van der Waals surface area contributed by atoms with Crippen LogP contribution in [0.2, 0.25) is 5.02 Å². The lowest BCUT2D eigenvalue weighted by atomic mass is 9.81. The van der Waals surface area contributed by atoms with E-state index in [2.05, 4.69) is 20.8 Å². The van der Waals surface area contributed by atoms with Crippen LogP contribution in [-0.4, -0.2) is 5.11 Å². The molecule has 1 unspecified atom stereocenters. The first kappa shape index (κ1) is 16.0. The van der Waals surface area contributed by atoms with Gasteiger partial charge in [0.05, 0.1) is 6.10 Å². The zero-order valence-electron chi connectivity index (χ0n) is 12.5. The summed E-state index contributed by atoms with van der Waals surface area (Å²) >= 11 is 6.04. The summed E-state index contributed by atoms with van der Waals surface area (Å²) < 4.78 is 13.1. The summed E-state index contributed by atoms with van der Waals surface area (Å²) in [4.78, 5) is 0. The van der Waals surface area contributed by atoms with Gasteiger partial charge in [0.25, 0.3) is 0 Å². The third-order valence-electron chi connectivity index (χ3n) is 3.56. The second-order valence-electron chi connectivity index (χ2n) is 6.29. The van der Waals surface area contributed by atoms with Gasteiger partial charge in [-0.3, -0.25) is 0 Å². The largest absolute Gasteiger partial charge is 0.388 e. The third kappa shape index (κ3) is 3.84. The predicted molar refractivity (Wildman–Crippen MR) is 85.2 cm³/mol. The average Bonchev–Trinajstić information content (AvgIpc) is 2.41. The molecular weight excluding hydrogens is 287 g/mol. The quantitative estimate of drug-likeness (QED) is 0.841. The molecule has 1 nitrogen and oxygen atoms in total. The van der Waals surface area contributed by atoms with Crippen LogP contribution in [0.15, 0.2) is 42.5 Å². The van der Waals surface area contributed by atoms with Gasteiger partial charge in [-0.05, 0) is 34.2 Å². The van der Waals surface area contributed by atoms with Crippen LogP contribution in [0.5, 0.6) is 0 Å². The number of benzene rings is 2. The van der Waals surface area contributed by atoms with Gasteiger partial charge in [0.15, 0.2) is 0 Å². The van der Waals surface area contributed by atoms with Crippen molar-refractivity contribution < 1.29 is 9.50 Å². The molecule has 0 saturated heterocycles. The van der Waals surface area contributed by atoms with Gasteiger partial charge in [-0.15, -0.1) is 0 Å². The lowest BCUT2D eigenvalue weighted by Gasteiger charge is -2.25. The summed E-state index contributed by atoms with van der Waals surface area (Å²) in [6, 6.07) is 12.1. The molecule has 2 aromatic rings. The molecule has 0 aliphatic heterocycles. The molecule has 2 aromatic carbocycles. The fourth-order valence-corrected chi connectivity index (χ4v) is 2.72. The van der Waals surface area contributed by atoms with Gasteiger partial charge in [0.1, 0.15) is 5.82 Å². The van der Waals surface area contributed by atoms with Gasteiger partial charge in [-0.1, -0.05) is 62.7 Å². The Morgan fingerprint density at radius 3 is 2.43 bits per heavy atom. The minimum atomic E-state index is -0.664. The van der Waals surface area contributed by atoms with Gasteiger partial charge in [0.2, 0.25) is 0 Å². The Bertz CT molecular complexity index is 631. The second kappa shape index (κ2) is 6.17. The van der Waals surface area contributed by atoms with E-state index in [0.717, 1.165) is 16.7 Å². The van der Waals surface area contributed by atoms with E-state index in [1.165, 1.54) is 12.1 Å². The van der Waals surface area contributed by atoms with E-state index in [4.69, 9.17) is 11.6 Å². The van der Waals surface area contributed by atoms with E-state index in [9.17, 15) is 9.50 Å². The average molecular weight is 307 g/mol. The maximum atomic E-state index is 13.1. The Labute approximate surface area is 130 Å². The highest BCUT2D eigenvalue weighted by Crippen LogP contribution is 2.32. The van der Waals surface area contributed by atoms with Crippen molar-refractivity contribution in [1.29, 1.82) is 0 Å². The van der Waals surface area contributed by atoms with Crippen molar-refractivity contribution in [1.82, 2.24) is 0 Å². The van der Waals surface area contributed by atoms with Crippen molar-refractivity contribution >= 4 is 11.6 Å². The summed E-state index contributed by atoms with van der Waals surface area (Å²) in [6.45, 7) is 6.34. The standard InChI is InChI=1S/C18H20ClFO/c1-18(2,3)15-7-5-4-6-14(15)17(21)10-12-8-9-13(20)11-16(12)19/h4-9,11,17,21H,10H2,1-3H3. The molecule has 0 aliphatic carbocycles. The van der Waals surface area contributed by atoms with Crippen LogP contribution in [0.4, 0.5) is 4.39 Å². The molecule has 0 saturated carbocycles. The third-order valence-corrected chi connectivity index (χ3v) is 3.91. The minimum absolute atomic E-state index is 0.0514. The maximum absolute atomic E-state index is 13.1. The van der Waals surface area contributed by atoms with Crippen LogP contribution in [0.1, 0.15) is 43.6 Å². The first-order chi connectivity index (χ1) is 9.79. The van der Waals surface area contributed by atoms with E-state index in [-0.39, 0.29) is 11.2 Å². The van der Waals surface area contributed by atoms with Crippen LogP contribution >= 0.6 is 11.6 Å². The molecule has 2 rings (SSSR count). The summed E-state index contributed by atoms with van der Waals surface area (Å²) in [5.74, 6) is -0.367. The Morgan fingerprint density at radius 1 is 1.14 bits per heavy atom. The second-order valence-corrected chi connectivity index (χ2v) is 6.70. The van der Waals surface area contributed by atoms with E-state index in [0.29, 0.717) is 11.4 Å². The van der Waals surface area contributed by atoms with Gasteiger partial charge in [-0.25, -0.2) is 4.39 Å². The Morgan fingerprint density at radius 2 is 1.81 bits per heavy atom. The molecule has 3 heteroatoms. The fraction of sp³-hybridized carbons (Fsp3) is 0.333. The predicted octanol–water partition coefficient (Wildman–Crippen LogP) is 5.05. The molecule has 0 heterocycles. The van der Waals surface area contributed by atoms with Gasteiger partial charge < -0.3 is 5.11 Å². The molecule has 0 bridgehead atoms. The summed E-state index contributed by atoms with van der Waals surface area (Å²) in [6.07, 6.45) is -0.296. The molecule has 21 heavy (non-hydrogen) atoms. The molecule has 0 aliphatic rings. The molecular formula is C18H20ClFO. The highest BCUT2D eigenvalue weighted by atomic mass is 35.5. The first-order valence-electron chi connectivity index (χ1n) is 7.00. The zero-order valence-corrected chi connectivity index (χ0v) is 13.3. The van der Waals surface area contributed by atoms with Crippen LogP contribution in [0.3, 0.4) is 0 Å². The van der Waals surface area contributed by atoms with E-state index < -0.39 is 6.10 Å². The number of halogens is 2. The van der Waals surface area contributed by atoms with Crippen LogP contribution in [0.25, 0.3) is 0 Å². The number of rotatable bonds is 3. The molecule has 0 fully saturated rings. The summed E-state index contributed by atoms with van der Waals surface area (Å²) in [5.41, 5.74) is 2.69. The smallest absolute Gasteiger partial charge is 0.124 e. The molecule has 112 valence electrons. The molecule has 0 spiro atoms. The normalized spacial score (nSPS) is 13.2. The fourth-order valence-electron chi connectivity index (χ4n) is 2.48. The maximum Gasteiger partial charge on any atom is 0.124 e. The SMILES string of the molecule is CC(C)(C)c1ccccc1C(O)Cc1ccc(F)cc1Cl. The highest BCUT2D eigenvalue weighted by molar-refractivity contribution is 6.31. The number of aliphatic hydroxyl groups is 1. The molecule has 1 N–H and O–H groups in total. The highest BCUT2D eigenvalue weighted by Gasteiger charge is 2.22. The Balaban J connectivity index is 2.31. The van der Waals surface area contributed by atoms with Crippen LogP contribution < -0.4 is 0 Å². The lowest BCUT2D eigenvalue weighted by molar-refractivity contribution is 0.176. The van der Waals surface area contributed by atoms with E-state index in [1.54, 1.807) is 6.07 Å². The van der Waals surface area contributed by atoms with Crippen molar-refractivity contribution in [2.75, 3.05) is 0 Å². The topological polar surface area (TPSA) is 20.2 Å². The zero-order chi connectivity index (χ0) is 15.6. The van der Waals surface area contributed by atoms with Crippen molar-refractivity contribution in [3.05, 3.63) is 70.0 Å². The Kier molecular flexibility index (Phi) is 4.70. The molecule has 0 radical (unpaired) electrons. The first-order valence-corrected chi connectivity index (χ1v) is 7.38. The van der Waals surface area contributed by atoms with Crippen molar-refractivity contribution in [2.45, 2.75) is 38.7 Å². The van der Waals surface area contributed by atoms with Gasteiger partial charge in [0, 0.05) is 11.4 Å². The molecule has 0 amide bonds. The monoisotopic (exact) mass is 306 g/mol. The minimum Gasteiger partial charge on any atom is -0.388 e. The molecule has 0 aromatic heterocycles. The van der Waals surface area contributed by atoms with E-state index in [1.807, 2.05) is 24.3 Å². The molecule has 1 atom stereocenters. The van der Waals surface area contributed by atoms with E-state index >= 15 is 0 Å². The van der Waals surface area contributed by atoms with Crippen molar-refractivity contribution in [3.63, 3.8) is 0 Å².